The summed E-state index contributed by atoms with van der Waals surface area (Å²) in [4.78, 5) is 16.1. The highest BCUT2D eigenvalue weighted by atomic mass is 16.5. The lowest BCUT2D eigenvalue weighted by Gasteiger charge is -2.29. The molecule has 1 aromatic rings. The van der Waals surface area contributed by atoms with Gasteiger partial charge in [-0.15, -0.1) is 0 Å². The quantitative estimate of drug-likeness (QED) is 0.610. The summed E-state index contributed by atoms with van der Waals surface area (Å²) in [6.07, 6.45) is 2.66. The monoisotopic (exact) mass is 297 g/mol. The van der Waals surface area contributed by atoms with Gasteiger partial charge in [-0.1, -0.05) is 24.3 Å². The molecule has 0 saturated carbocycles. The number of morpholine rings is 1. The van der Waals surface area contributed by atoms with Gasteiger partial charge >= 0.3 is 0 Å². The Morgan fingerprint density at radius 3 is 2.64 bits per heavy atom. The normalized spacial score (nSPS) is 18.6. The molecule has 3 rings (SSSR count). The Morgan fingerprint density at radius 1 is 1.18 bits per heavy atom. The number of carbonyl (C=O) groups excluding carboxylic acids is 1. The van der Waals surface area contributed by atoms with Gasteiger partial charge in [0.2, 0.25) is 0 Å². The fraction of sp³-hybridized carbons (Fsp3) is 0.412. The molecule has 0 aliphatic carbocycles. The fourth-order valence-electron chi connectivity index (χ4n) is 2.88. The molecule has 5 heteroatoms. The predicted octanol–water partition coefficient (Wildman–Crippen LogP) is 1.31. The molecule has 1 amide bonds. The topological polar surface area (TPSA) is 56.6 Å². The number of benzene rings is 1. The summed E-state index contributed by atoms with van der Waals surface area (Å²) < 4.78 is 5.25. The molecule has 0 aromatic heterocycles. The first-order valence-corrected chi connectivity index (χ1v) is 7.57. The van der Waals surface area contributed by atoms with Gasteiger partial charge in [-0.25, -0.2) is 0 Å². The Bertz CT molecular complexity index is 627. The zero-order valence-corrected chi connectivity index (χ0v) is 12.5. The van der Waals surface area contributed by atoms with Crippen LogP contribution in [-0.4, -0.2) is 48.6 Å². The second kappa shape index (κ2) is 6.63. The molecule has 0 unspecified atom stereocenters. The molecule has 22 heavy (non-hydrogen) atoms. The van der Waals surface area contributed by atoms with Crippen molar-refractivity contribution in [3.8, 4) is 6.07 Å². The molecule has 0 N–H and O–H groups in total. The maximum Gasteiger partial charge on any atom is 0.266 e. The van der Waals surface area contributed by atoms with Crippen molar-refractivity contribution in [3.05, 3.63) is 47.2 Å². The largest absolute Gasteiger partial charge is 0.378 e. The van der Waals surface area contributed by atoms with Gasteiger partial charge in [0.05, 0.1) is 13.2 Å². The van der Waals surface area contributed by atoms with Gasteiger partial charge in [0.25, 0.3) is 5.91 Å². The Morgan fingerprint density at radius 2 is 1.91 bits per heavy atom. The zero-order chi connectivity index (χ0) is 15.4. The number of carbonyl (C=O) groups is 1. The van der Waals surface area contributed by atoms with Crippen molar-refractivity contribution < 1.29 is 9.53 Å². The van der Waals surface area contributed by atoms with Gasteiger partial charge in [-0.3, -0.25) is 4.79 Å². The molecule has 1 fully saturated rings. The van der Waals surface area contributed by atoms with E-state index in [1.54, 1.807) is 11.1 Å². The minimum Gasteiger partial charge on any atom is -0.378 e. The van der Waals surface area contributed by atoms with Crippen LogP contribution in [0.5, 0.6) is 0 Å². The van der Waals surface area contributed by atoms with E-state index in [1.165, 1.54) is 11.1 Å². The van der Waals surface area contributed by atoms with Gasteiger partial charge in [0.15, 0.2) is 0 Å². The Hall–Kier alpha value is -2.32. The van der Waals surface area contributed by atoms with Crippen molar-refractivity contribution >= 4 is 5.91 Å². The van der Waals surface area contributed by atoms with Crippen LogP contribution in [0.2, 0.25) is 0 Å². The summed E-state index contributed by atoms with van der Waals surface area (Å²) in [5, 5.41) is 9.33. The molecule has 2 aliphatic rings. The van der Waals surface area contributed by atoms with E-state index >= 15 is 0 Å². The molecule has 0 radical (unpaired) electrons. The number of nitriles is 1. The fourth-order valence-corrected chi connectivity index (χ4v) is 2.88. The third-order valence-electron chi connectivity index (χ3n) is 4.12. The second-order valence-corrected chi connectivity index (χ2v) is 5.55. The summed E-state index contributed by atoms with van der Waals surface area (Å²) in [7, 11) is 0. The van der Waals surface area contributed by atoms with Crippen LogP contribution in [0.3, 0.4) is 0 Å². The van der Waals surface area contributed by atoms with Gasteiger partial charge in [-0.05, 0) is 17.5 Å². The van der Waals surface area contributed by atoms with Crippen LogP contribution < -0.4 is 0 Å². The number of nitrogens with zero attached hydrogens (tertiary/aromatic N) is 3. The summed E-state index contributed by atoms with van der Waals surface area (Å²) in [6.45, 7) is 3.78. The van der Waals surface area contributed by atoms with Crippen molar-refractivity contribution in [2.75, 3.05) is 32.8 Å². The third-order valence-corrected chi connectivity index (χ3v) is 4.12. The first kappa shape index (κ1) is 14.6. The number of fused-ring (bicyclic) bond motifs is 1. The first-order chi connectivity index (χ1) is 10.8. The Labute approximate surface area is 130 Å². The van der Waals surface area contributed by atoms with Crippen molar-refractivity contribution in [2.45, 2.75) is 13.0 Å². The summed E-state index contributed by atoms with van der Waals surface area (Å²) in [5.41, 5.74) is 2.83. The van der Waals surface area contributed by atoms with Crippen LogP contribution in [0.4, 0.5) is 0 Å². The molecule has 2 aliphatic heterocycles. The van der Waals surface area contributed by atoms with Gasteiger partial charge in [0.1, 0.15) is 11.6 Å². The minimum absolute atomic E-state index is 0.190. The lowest BCUT2D eigenvalue weighted by Crippen LogP contribution is -2.41. The average molecular weight is 297 g/mol. The van der Waals surface area contributed by atoms with E-state index in [0.717, 1.165) is 19.5 Å². The van der Waals surface area contributed by atoms with Crippen molar-refractivity contribution in [2.24, 2.45) is 0 Å². The van der Waals surface area contributed by atoms with Crippen molar-refractivity contribution in [1.82, 2.24) is 9.80 Å². The molecular formula is C17H19N3O2. The molecule has 1 aromatic carbocycles. The number of amides is 1. The predicted molar refractivity (Wildman–Crippen MR) is 81.7 cm³/mol. The lowest BCUT2D eigenvalue weighted by molar-refractivity contribution is -0.130. The zero-order valence-electron chi connectivity index (χ0n) is 12.5. The highest BCUT2D eigenvalue weighted by Gasteiger charge is 2.22. The van der Waals surface area contributed by atoms with Crippen LogP contribution in [0.1, 0.15) is 11.1 Å². The number of ether oxygens (including phenoxy) is 1. The third kappa shape index (κ3) is 3.12. The number of rotatable bonds is 2. The van der Waals surface area contributed by atoms with Crippen LogP contribution in [0.15, 0.2) is 36.0 Å². The summed E-state index contributed by atoms with van der Waals surface area (Å²) in [6, 6.07) is 10.4. The molecule has 5 nitrogen and oxygen atoms in total. The molecule has 1 saturated heterocycles. The van der Waals surface area contributed by atoms with Crippen molar-refractivity contribution in [1.29, 1.82) is 5.26 Å². The average Bonchev–Trinajstić information content (AvgIpc) is 2.59. The van der Waals surface area contributed by atoms with Crippen molar-refractivity contribution in [3.63, 3.8) is 0 Å². The lowest BCUT2D eigenvalue weighted by atomic mass is 10.00. The molecule has 0 bridgehead atoms. The second-order valence-electron chi connectivity index (χ2n) is 5.55. The van der Waals surface area contributed by atoms with E-state index < -0.39 is 0 Å². The van der Waals surface area contributed by atoms with E-state index in [-0.39, 0.29) is 11.5 Å². The molecular weight excluding hydrogens is 278 g/mol. The standard InChI is InChI=1S/C17H19N3O2/c18-11-16(17(21)20-7-9-22-10-8-20)13-19-6-5-14-3-1-2-4-15(14)12-19/h1-4,13H,5-10,12H2/b16-13-. The highest BCUT2D eigenvalue weighted by molar-refractivity contribution is 5.97. The van der Waals surface area contributed by atoms with Gasteiger partial charge < -0.3 is 14.5 Å². The van der Waals surface area contributed by atoms with Gasteiger partial charge in [0, 0.05) is 32.4 Å². The maximum absolute atomic E-state index is 12.4. The van der Waals surface area contributed by atoms with E-state index in [4.69, 9.17) is 4.74 Å². The smallest absolute Gasteiger partial charge is 0.266 e. The van der Waals surface area contributed by atoms with E-state index in [2.05, 4.69) is 23.1 Å². The van der Waals surface area contributed by atoms with Gasteiger partial charge in [-0.2, -0.15) is 5.26 Å². The Kier molecular flexibility index (Phi) is 4.40. The number of hydrogen-bond donors (Lipinski definition) is 0. The molecule has 0 atom stereocenters. The van der Waals surface area contributed by atoms with Crippen LogP contribution in [0.25, 0.3) is 0 Å². The molecule has 2 heterocycles. The summed E-state index contributed by atoms with van der Waals surface area (Å²) in [5.74, 6) is -0.190. The van der Waals surface area contributed by atoms with E-state index in [1.807, 2.05) is 12.1 Å². The molecule has 0 spiro atoms. The van der Waals surface area contributed by atoms with E-state index in [0.29, 0.717) is 26.3 Å². The molecule has 114 valence electrons. The Balaban J connectivity index is 1.72. The van der Waals surface area contributed by atoms with Crippen LogP contribution >= 0.6 is 0 Å². The SMILES string of the molecule is N#C/C(=C/N1CCc2ccccc2C1)C(=O)N1CCOCC1. The highest BCUT2D eigenvalue weighted by Crippen LogP contribution is 2.19. The first-order valence-electron chi connectivity index (χ1n) is 7.57. The van der Waals surface area contributed by atoms with Crippen LogP contribution in [0, 0.1) is 11.3 Å². The summed E-state index contributed by atoms with van der Waals surface area (Å²) >= 11 is 0. The van der Waals surface area contributed by atoms with E-state index in [9.17, 15) is 10.1 Å². The minimum atomic E-state index is -0.190. The maximum atomic E-state index is 12.4. The number of hydrogen-bond acceptors (Lipinski definition) is 4. The van der Waals surface area contributed by atoms with Crippen LogP contribution in [-0.2, 0) is 22.5 Å².